The minimum atomic E-state index is -4.66. The molecule has 2 heterocycles. The Kier molecular flexibility index (Phi) is 10.3. The van der Waals surface area contributed by atoms with E-state index in [2.05, 4.69) is 0 Å². The van der Waals surface area contributed by atoms with Crippen LogP contribution in [0.3, 0.4) is 0 Å². The standard InChI is InChI=1S/C32H38N2O11S3/c1-31(2)23-13-9-15-25(48(43,44)45)29(23)34(19-11-21-47(40,41)42)26(31)16-6-5-7-17-27-32(3,4)28-22(30(35)36)12-8-14-24(28)33(27)18-10-20-46(37,38)39/h5-9,12-17H,10-11,18-21H2,1-4H3,(H3-,35,36,37,38,39,40,41,42,43,44,45). The molecule has 0 bridgehead atoms. The SMILES string of the molecule is CC1(C)C(/C=C/C=C/C=C2/N(CCCS(=O)(=O)O)c3cccc(C(=O)O)c3C2(C)C)=[N+](CCCS(=O)(=O)[O-])c2c1cccc2S(=O)(=O)O. The summed E-state index contributed by atoms with van der Waals surface area (Å²) in [7, 11) is -13.4. The predicted molar refractivity (Wildman–Crippen MR) is 179 cm³/mol. The van der Waals surface area contributed by atoms with Crippen molar-refractivity contribution in [2.24, 2.45) is 0 Å². The van der Waals surface area contributed by atoms with Gasteiger partial charge >= 0.3 is 16.1 Å². The lowest BCUT2D eigenvalue weighted by atomic mass is 9.81. The van der Waals surface area contributed by atoms with Gasteiger partial charge in [0.2, 0.25) is 5.69 Å². The first kappa shape index (κ1) is 37.2. The first-order valence-corrected chi connectivity index (χ1v) is 19.5. The number of carboxylic acid groups (broad SMARTS) is 1. The van der Waals surface area contributed by atoms with Crippen molar-refractivity contribution >= 4 is 53.4 Å². The van der Waals surface area contributed by atoms with Gasteiger partial charge in [-0.2, -0.15) is 21.4 Å². The van der Waals surface area contributed by atoms with E-state index in [1.165, 1.54) is 18.2 Å². The maximum Gasteiger partial charge on any atom is 0.336 e. The van der Waals surface area contributed by atoms with Gasteiger partial charge in [-0.3, -0.25) is 9.11 Å². The highest BCUT2D eigenvalue weighted by atomic mass is 32.2. The number of hydrogen-bond acceptors (Lipinski definition) is 9. The van der Waals surface area contributed by atoms with Crippen LogP contribution in [0.25, 0.3) is 0 Å². The zero-order valence-electron chi connectivity index (χ0n) is 26.8. The van der Waals surface area contributed by atoms with E-state index in [0.717, 1.165) is 0 Å². The van der Waals surface area contributed by atoms with Crippen LogP contribution >= 0.6 is 0 Å². The Labute approximate surface area is 280 Å². The molecule has 3 N–H and O–H groups in total. The highest BCUT2D eigenvalue weighted by Crippen LogP contribution is 2.49. The van der Waals surface area contributed by atoms with Gasteiger partial charge in [-0.15, -0.1) is 0 Å². The van der Waals surface area contributed by atoms with Gasteiger partial charge in [0, 0.05) is 52.7 Å². The molecule has 4 rings (SSSR count). The van der Waals surface area contributed by atoms with E-state index in [1.807, 2.05) is 32.6 Å². The molecule has 0 amide bonds. The molecule has 2 aromatic carbocycles. The fraction of sp³-hybridized carbons (Fsp3) is 0.375. The third-order valence-electron chi connectivity index (χ3n) is 8.56. The van der Waals surface area contributed by atoms with E-state index < -0.39 is 58.7 Å². The molecule has 0 unspecified atom stereocenters. The Morgan fingerprint density at radius 1 is 0.896 bits per heavy atom. The summed E-state index contributed by atoms with van der Waals surface area (Å²) in [5.41, 5.74) is 1.73. The molecular formula is C32H38N2O11S3. The smallest absolute Gasteiger partial charge is 0.336 e. The Bertz CT molecular complexity index is 2090. The van der Waals surface area contributed by atoms with Crippen LogP contribution in [0.5, 0.6) is 0 Å². The van der Waals surface area contributed by atoms with E-state index in [9.17, 15) is 48.8 Å². The molecule has 2 aliphatic rings. The second-order valence-corrected chi connectivity index (χ2v) is 17.1. The monoisotopic (exact) mass is 722 g/mol. The number of para-hydroxylation sites is 1. The van der Waals surface area contributed by atoms with E-state index >= 15 is 0 Å². The van der Waals surface area contributed by atoms with Gasteiger partial charge in [-0.05, 0) is 44.5 Å². The summed E-state index contributed by atoms with van der Waals surface area (Å²) in [4.78, 5) is 13.6. The molecule has 2 aromatic rings. The predicted octanol–water partition coefficient (Wildman–Crippen LogP) is 4.02. The van der Waals surface area contributed by atoms with E-state index in [4.69, 9.17) is 0 Å². The van der Waals surface area contributed by atoms with Crippen molar-refractivity contribution in [3.8, 4) is 0 Å². The van der Waals surface area contributed by atoms with E-state index in [-0.39, 0.29) is 42.1 Å². The quantitative estimate of drug-likeness (QED) is 0.152. The second-order valence-electron chi connectivity index (χ2n) is 12.6. The minimum absolute atomic E-state index is 0.0191. The number of fused-ring (bicyclic) bond motifs is 2. The van der Waals surface area contributed by atoms with E-state index in [0.29, 0.717) is 28.2 Å². The normalized spacial score (nSPS) is 18.3. The first-order chi connectivity index (χ1) is 22.1. The van der Waals surface area contributed by atoms with Gasteiger partial charge in [0.1, 0.15) is 6.54 Å². The highest BCUT2D eigenvalue weighted by molar-refractivity contribution is 7.86. The summed E-state index contributed by atoms with van der Waals surface area (Å²) in [5, 5.41) is 9.90. The van der Waals surface area contributed by atoms with Crippen molar-refractivity contribution in [3.05, 3.63) is 89.2 Å². The lowest BCUT2D eigenvalue weighted by Gasteiger charge is -2.27. The van der Waals surface area contributed by atoms with Crippen molar-refractivity contribution in [1.82, 2.24) is 0 Å². The summed E-state index contributed by atoms with van der Waals surface area (Å²) in [6, 6.07) is 9.33. The minimum Gasteiger partial charge on any atom is -0.748 e. The number of rotatable bonds is 13. The van der Waals surface area contributed by atoms with Crippen LogP contribution in [0.15, 0.2) is 77.4 Å². The summed E-state index contributed by atoms with van der Waals surface area (Å²) in [6.45, 7) is 7.57. The van der Waals surface area contributed by atoms with Gasteiger partial charge in [0.15, 0.2) is 10.6 Å². The van der Waals surface area contributed by atoms with Crippen molar-refractivity contribution in [2.75, 3.05) is 29.5 Å². The Hall–Kier alpha value is -3.67. The molecule has 0 saturated heterocycles. The molecule has 0 fully saturated rings. The van der Waals surface area contributed by atoms with Crippen molar-refractivity contribution < 1.29 is 53.4 Å². The molecule has 0 spiro atoms. The molecule has 0 aliphatic carbocycles. The number of aromatic carboxylic acids is 1. The van der Waals surface area contributed by atoms with Crippen LogP contribution in [0, 0.1) is 0 Å². The molecule has 0 saturated carbocycles. The fourth-order valence-electron chi connectivity index (χ4n) is 6.54. The van der Waals surface area contributed by atoms with Crippen LogP contribution in [0.2, 0.25) is 0 Å². The number of allylic oxidation sites excluding steroid dienone is 6. The maximum absolute atomic E-state index is 12.3. The van der Waals surface area contributed by atoms with E-state index in [1.54, 1.807) is 53.2 Å². The topological polar surface area (TPSA) is 209 Å². The van der Waals surface area contributed by atoms with Crippen LogP contribution in [-0.2, 0) is 41.2 Å². The van der Waals surface area contributed by atoms with Crippen LogP contribution in [-0.4, -0.2) is 84.9 Å². The fourth-order valence-corrected chi connectivity index (χ4v) is 8.23. The Morgan fingerprint density at radius 3 is 2.17 bits per heavy atom. The van der Waals surface area contributed by atoms with Gasteiger partial charge in [-0.25, -0.2) is 13.2 Å². The maximum atomic E-state index is 12.3. The molecular weight excluding hydrogens is 685 g/mol. The zero-order valence-corrected chi connectivity index (χ0v) is 29.3. The molecule has 13 nitrogen and oxygen atoms in total. The van der Waals surface area contributed by atoms with Gasteiger partial charge in [-0.1, -0.05) is 50.3 Å². The third-order valence-corrected chi connectivity index (χ3v) is 11.0. The lowest BCUT2D eigenvalue weighted by Crippen LogP contribution is -2.28. The largest absolute Gasteiger partial charge is 0.748 e. The van der Waals surface area contributed by atoms with Gasteiger partial charge < -0.3 is 14.6 Å². The molecule has 2 aliphatic heterocycles. The molecule has 0 aromatic heterocycles. The number of anilines is 1. The Balaban J connectivity index is 1.75. The number of benzene rings is 2. The summed E-state index contributed by atoms with van der Waals surface area (Å²) in [6.07, 6.45) is 8.56. The molecule has 0 atom stereocenters. The average Bonchev–Trinajstić information content (AvgIpc) is 3.30. The van der Waals surface area contributed by atoms with Crippen molar-refractivity contribution in [3.63, 3.8) is 0 Å². The molecule has 260 valence electrons. The summed E-state index contributed by atoms with van der Waals surface area (Å²) < 4.78 is 102. The average molecular weight is 723 g/mol. The highest BCUT2D eigenvalue weighted by Gasteiger charge is 2.47. The first-order valence-electron chi connectivity index (χ1n) is 14.9. The van der Waals surface area contributed by atoms with Crippen LogP contribution in [0.4, 0.5) is 11.4 Å². The van der Waals surface area contributed by atoms with Crippen LogP contribution in [0.1, 0.15) is 62.0 Å². The van der Waals surface area contributed by atoms with Crippen LogP contribution < -0.4 is 4.90 Å². The summed E-state index contributed by atoms with van der Waals surface area (Å²) in [5.74, 6) is -2.25. The molecule has 0 radical (unpaired) electrons. The number of carboxylic acids is 1. The molecule has 16 heteroatoms. The zero-order chi connectivity index (χ0) is 35.9. The second kappa shape index (κ2) is 13.3. The van der Waals surface area contributed by atoms with Gasteiger partial charge in [0.25, 0.3) is 10.1 Å². The number of nitrogens with zero attached hydrogens (tertiary/aromatic N) is 2. The van der Waals surface area contributed by atoms with Crippen molar-refractivity contribution in [2.45, 2.75) is 56.3 Å². The number of carbonyl (C=O) groups is 1. The van der Waals surface area contributed by atoms with Gasteiger partial charge in [0.05, 0.1) is 26.8 Å². The number of hydrogen-bond donors (Lipinski definition) is 3. The lowest BCUT2D eigenvalue weighted by molar-refractivity contribution is -0.440. The van der Waals surface area contributed by atoms with Crippen molar-refractivity contribution in [1.29, 1.82) is 0 Å². The summed E-state index contributed by atoms with van der Waals surface area (Å²) >= 11 is 0. The molecule has 48 heavy (non-hydrogen) atoms. The third kappa shape index (κ3) is 7.79. The Morgan fingerprint density at radius 2 is 1.56 bits per heavy atom.